The summed E-state index contributed by atoms with van der Waals surface area (Å²) in [6.07, 6.45) is 14.7. The zero-order chi connectivity index (χ0) is 15.1. The number of nitrogens with two attached hydrogens (primary N) is 1. The van der Waals surface area contributed by atoms with Crippen molar-refractivity contribution in [3.05, 3.63) is 37.0 Å². The molecule has 0 bridgehead atoms. The number of allylic oxidation sites excluding steroid dienone is 5. The zero-order valence-corrected chi connectivity index (χ0v) is 13.7. The molecule has 0 aromatic rings. The Bertz CT molecular complexity index is 230. The number of rotatable bonds is 4. The van der Waals surface area contributed by atoms with Crippen molar-refractivity contribution in [3.63, 3.8) is 0 Å². The van der Waals surface area contributed by atoms with E-state index in [1.165, 1.54) is 19.3 Å². The van der Waals surface area contributed by atoms with E-state index in [2.05, 4.69) is 33.4 Å². The van der Waals surface area contributed by atoms with Crippen LogP contribution in [0, 0.1) is 11.8 Å². The first-order valence-corrected chi connectivity index (χ1v) is 7.87. The Kier molecular flexibility index (Phi) is 16.4. The van der Waals surface area contributed by atoms with Crippen molar-refractivity contribution in [2.45, 2.75) is 66.3 Å². The van der Waals surface area contributed by atoms with Crippen LogP contribution in [0.4, 0.5) is 0 Å². The van der Waals surface area contributed by atoms with Crippen LogP contribution in [0.5, 0.6) is 0 Å². The van der Waals surface area contributed by atoms with Gasteiger partial charge in [-0.05, 0) is 31.1 Å². The molecule has 0 aromatic heterocycles. The molecule has 1 nitrogen and oxygen atoms in total. The molecule has 2 N–H and O–H groups in total. The van der Waals surface area contributed by atoms with Crippen LogP contribution in [0.15, 0.2) is 37.0 Å². The minimum atomic E-state index is 0.505. The third kappa shape index (κ3) is 10.8. The van der Waals surface area contributed by atoms with Gasteiger partial charge in [0.1, 0.15) is 0 Å². The molecule has 1 saturated carbocycles. The maximum atomic E-state index is 5.88. The molecule has 0 heterocycles. The van der Waals surface area contributed by atoms with Crippen molar-refractivity contribution in [2.24, 2.45) is 17.6 Å². The fourth-order valence-corrected chi connectivity index (χ4v) is 2.37. The third-order valence-electron chi connectivity index (χ3n) is 3.44. The van der Waals surface area contributed by atoms with Gasteiger partial charge in [-0.3, -0.25) is 0 Å². The average molecular weight is 265 g/mol. The van der Waals surface area contributed by atoms with E-state index in [9.17, 15) is 0 Å². The smallest absolute Gasteiger partial charge is 0.00697 e. The molecule has 0 aromatic carbocycles. The molecule has 3 atom stereocenters. The second-order valence-electron chi connectivity index (χ2n) is 4.75. The molecule has 1 heteroatoms. The van der Waals surface area contributed by atoms with Gasteiger partial charge in [-0.15, -0.1) is 0 Å². The topological polar surface area (TPSA) is 26.0 Å². The molecule has 0 amide bonds. The minimum absolute atomic E-state index is 0.505. The summed E-state index contributed by atoms with van der Waals surface area (Å²) in [5, 5.41) is 0. The molecule has 0 spiro atoms. The Labute approximate surface area is 121 Å². The van der Waals surface area contributed by atoms with Gasteiger partial charge < -0.3 is 5.73 Å². The van der Waals surface area contributed by atoms with Crippen LogP contribution in [0.1, 0.15) is 60.3 Å². The van der Waals surface area contributed by atoms with Crippen molar-refractivity contribution in [2.75, 3.05) is 0 Å². The van der Waals surface area contributed by atoms with Crippen molar-refractivity contribution in [3.8, 4) is 0 Å². The lowest BCUT2D eigenvalue weighted by Gasteiger charge is -2.16. The fourth-order valence-electron chi connectivity index (χ4n) is 2.37. The SMILES string of the molecule is C=C/C=C\C=C/CC.CC.CCC1C(C)CCC1N. The molecule has 0 aliphatic heterocycles. The van der Waals surface area contributed by atoms with Crippen molar-refractivity contribution in [1.29, 1.82) is 0 Å². The van der Waals surface area contributed by atoms with E-state index < -0.39 is 0 Å². The van der Waals surface area contributed by atoms with Gasteiger partial charge in [0.25, 0.3) is 0 Å². The molecule has 19 heavy (non-hydrogen) atoms. The highest BCUT2D eigenvalue weighted by Crippen LogP contribution is 2.32. The number of hydrogen-bond acceptors (Lipinski definition) is 1. The van der Waals surface area contributed by atoms with Gasteiger partial charge in [0.15, 0.2) is 0 Å². The Hall–Kier alpha value is -0.820. The normalized spacial score (nSPS) is 25.7. The van der Waals surface area contributed by atoms with Gasteiger partial charge in [0.2, 0.25) is 0 Å². The first-order chi connectivity index (χ1) is 9.17. The van der Waals surface area contributed by atoms with Crippen LogP contribution in [0.2, 0.25) is 0 Å². The summed E-state index contributed by atoms with van der Waals surface area (Å²) in [6.45, 7) is 14.2. The van der Waals surface area contributed by atoms with E-state index in [0.717, 1.165) is 18.3 Å². The molecule has 0 saturated heterocycles. The van der Waals surface area contributed by atoms with E-state index in [-0.39, 0.29) is 0 Å². The van der Waals surface area contributed by atoms with Crippen LogP contribution in [-0.4, -0.2) is 6.04 Å². The second-order valence-corrected chi connectivity index (χ2v) is 4.75. The predicted molar refractivity (Wildman–Crippen MR) is 90.3 cm³/mol. The molecule has 3 unspecified atom stereocenters. The average Bonchev–Trinajstić information content (AvgIpc) is 2.77. The molecule has 1 rings (SSSR count). The zero-order valence-electron chi connectivity index (χ0n) is 13.7. The monoisotopic (exact) mass is 265 g/mol. The Morgan fingerprint density at radius 1 is 1.11 bits per heavy atom. The summed E-state index contributed by atoms with van der Waals surface area (Å²) in [7, 11) is 0. The molecular formula is C18H35N. The van der Waals surface area contributed by atoms with Crippen LogP contribution in [0.25, 0.3) is 0 Å². The van der Waals surface area contributed by atoms with Gasteiger partial charge >= 0.3 is 0 Å². The fraction of sp³-hybridized carbons (Fsp3) is 0.667. The van der Waals surface area contributed by atoms with E-state index in [4.69, 9.17) is 5.73 Å². The summed E-state index contributed by atoms with van der Waals surface area (Å²) >= 11 is 0. The lowest BCUT2D eigenvalue weighted by molar-refractivity contribution is 0.375. The Balaban J connectivity index is 0. The largest absolute Gasteiger partial charge is 0.327 e. The molecule has 1 aliphatic rings. The van der Waals surface area contributed by atoms with Crippen LogP contribution in [-0.2, 0) is 0 Å². The molecule has 1 aliphatic carbocycles. The van der Waals surface area contributed by atoms with Gasteiger partial charge in [0, 0.05) is 6.04 Å². The Morgan fingerprint density at radius 3 is 2.05 bits per heavy atom. The Morgan fingerprint density at radius 2 is 1.74 bits per heavy atom. The molecule has 0 radical (unpaired) electrons. The second kappa shape index (κ2) is 15.2. The predicted octanol–water partition coefficient (Wildman–Crippen LogP) is 5.49. The van der Waals surface area contributed by atoms with E-state index in [1.807, 2.05) is 32.1 Å². The van der Waals surface area contributed by atoms with Crippen LogP contribution < -0.4 is 5.73 Å². The van der Waals surface area contributed by atoms with Gasteiger partial charge in [0.05, 0.1) is 0 Å². The van der Waals surface area contributed by atoms with E-state index >= 15 is 0 Å². The lowest BCUT2D eigenvalue weighted by Crippen LogP contribution is -2.26. The maximum Gasteiger partial charge on any atom is 0.00697 e. The lowest BCUT2D eigenvalue weighted by atomic mass is 9.93. The summed E-state index contributed by atoms with van der Waals surface area (Å²) in [6, 6.07) is 0.505. The maximum absolute atomic E-state index is 5.88. The van der Waals surface area contributed by atoms with E-state index in [0.29, 0.717) is 6.04 Å². The van der Waals surface area contributed by atoms with E-state index in [1.54, 1.807) is 6.08 Å². The van der Waals surface area contributed by atoms with Gasteiger partial charge in [-0.2, -0.15) is 0 Å². The van der Waals surface area contributed by atoms with Gasteiger partial charge in [-0.1, -0.05) is 78.0 Å². The highest BCUT2D eigenvalue weighted by Gasteiger charge is 2.28. The summed E-state index contributed by atoms with van der Waals surface area (Å²) < 4.78 is 0. The van der Waals surface area contributed by atoms with Crippen LogP contribution in [0.3, 0.4) is 0 Å². The molecule has 1 fully saturated rings. The number of hydrogen-bond donors (Lipinski definition) is 1. The first kappa shape index (κ1) is 20.5. The van der Waals surface area contributed by atoms with Crippen molar-refractivity contribution >= 4 is 0 Å². The summed E-state index contributed by atoms with van der Waals surface area (Å²) in [5.41, 5.74) is 5.88. The standard InChI is InChI=1S/C8H17N.C8H12.C2H6/c1-3-7-6(2)4-5-8(7)9;1-3-5-7-8-6-4-2;1-2/h6-8H,3-5,9H2,1-2H3;3,5-8H,1,4H2,2H3;1-2H3/b;7-5-,8-6-;. The summed E-state index contributed by atoms with van der Waals surface area (Å²) in [4.78, 5) is 0. The highest BCUT2D eigenvalue weighted by atomic mass is 14.7. The van der Waals surface area contributed by atoms with Crippen molar-refractivity contribution in [1.82, 2.24) is 0 Å². The minimum Gasteiger partial charge on any atom is -0.327 e. The third-order valence-corrected chi connectivity index (χ3v) is 3.44. The molecule has 112 valence electrons. The highest BCUT2D eigenvalue weighted by molar-refractivity contribution is 5.08. The first-order valence-electron chi connectivity index (χ1n) is 7.87. The summed E-state index contributed by atoms with van der Waals surface area (Å²) in [5.74, 6) is 1.69. The quantitative estimate of drug-likeness (QED) is 0.668. The van der Waals surface area contributed by atoms with Crippen LogP contribution >= 0.6 is 0 Å². The van der Waals surface area contributed by atoms with Crippen molar-refractivity contribution < 1.29 is 0 Å². The molecular weight excluding hydrogens is 230 g/mol. The van der Waals surface area contributed by atoms with Gasteiger partial charge in [-0.25, -0.2) is 0 Å².